The number of carbonyl (C=O) groups excluding carboxylic acids is 1. The number of amides is 1. The average molecular weight is 343 g/mol. The first-order chi connectivity index (χ1) is 9.40. The summed E-state index contributed by atoms with van der Waals surface area (Å²) in [6.45, 7) is 6.51. The Hall–Kier alpha value is -1.07. The van der Waals surface area contributed by atoms with E-state index in [1.54, 1.807) is 24.1 Å². The number of phenolic OH excluding ortho intramolecular Hbond substituents is 1. The van der Waals surface area contributed by atoms with Crippen LogP contribution in [0.5, 0.6) is 5.75 Å². The number of carbonyl (C=O) groups is 1. The zero-order chi connectivity index (χ0) is 15.3. The molecule has 2 N–H and O–H groups in total. The van der Waals surface area contributed by atoms with Crippen molar-refractivity contribution in [3.05, 3.63) is 28.2 Å². The van der Waals surface area contributed by atoms with E-state index in [0.29, 0.717) is 6.54 Å². The number of likely N-dealkylation sites (N-methyl/N-ethyl adjacent to an activating group) is 1. The molecule has 20 heavy (non-hydrogen) atoms. The Morgan fingerprint density at radius 2 is 2.10 bits per heavy atom. The first kappa shape index (κ1) is 17.0. The van der Waals surface area contributed by atoms with Gasteiger partial charge in [-0.2, -0.15) is 0 Å². The molecule has 0 bridgehead atoms. The van der Waals surface area contributed by atoms with Crippen molar-refractivity contribution in [2.45, 2.75) is 39.3 Å². The molecule has 0 aliphatic heterocycles. The zero-order valence-electron chi connectivity index (χ0n) is 12.5. The summed E-state index contributed by atoms with van der Waals surface area (Å²) in [6, 6.07) is 5.00. The molecule has 1 aromatic rings. The molecule has 1 aromatic carbocycles. The van der Waals surface area contributed by atoms with E-state index in [1.807, 2.05) is 26.8 Å². The predicted octanol–water partition coefficient (Wildman–Crippen LogP) is 3.06. The van der Waals surface area contributed by atoms with E-state index in [2.05, 4.69) is 21.2 Å². The second-order valence-electron chi connectivity index (χ2n) is 4.90. The first-order valence-electron chi connectivity index (χ1n) is 6.90. The van der Waals surface area contributed by atoms with Crippen LogP contribution in [0, 0.1) is 0 Å². The van der Waals surface area contributed by atoms with Crippen molar-refractivity contribution < 1.29 is 9.90 Å². The topological polar surface area (TPSA) is 52.6 Å². The molecule has 0 fully saturated rings. The number of benzene rings is 1. The minimum Gasteiger partial charge on any atom is -0.508 e. The number of phenols is 1. The Balaban J connectivity index is 2.86. The van der Waals surface area contributed by atoms with Crippen molar-refractivity contribution in [3.8, 4) is 5.75 Å². The van der Waals surface area contributed by atoms with Gasteiger partial charge in [0.25, 0.3) is 0 Å². The van der Waals surface area contributed by atoms with Crippen LogP contribution in [-0.4, -0.2) is 35.5 Å². The van der Waals surface area contributed by atoms with Crippen molar-refractivity contribution in [3.63, 3.8) is 0 Å². The molecule has 0 aromatic heterocycles. The van der Waals surface area contributed by atoms with Crippen molar-refractivity contribution in [1.82, 2.24) is 10.2 Å². The number of halogens is 1. The summed E-state index contributed by atoms with van der Waals surface area (Å²) in [4.78, 5) is 13.8. The van der Waals surface area contributed by atoms with Crippen molar-refractivity contribution in [2.75, 3.05) is 13.6 Å². The highest BCUT2D eigenvalue weighted by Crippen LogP contribution is 2.29. The summed E-state index contributed by atoms with van der Waals surface area (Å²) in [5, 5.41) is 13.3. The summed E-state index contributed by atoms with van der Waals surface area (Å²) in [5.41, 5.74) is 0.806. The molecule has 2 unspecified atom stereocenters. The lowest BCUT2D eigenvalue weighted by molar-refractivity contribution is -0.131. The van der Waals surface area contributed by atoms with Gasteiger partial charge in [0.05, 0.1) is 6.04 Å². The maximum Gasteiger partial charge on any atom is 0.239 e. The van der Waals surface area contributed by atoms with E-state index in [1.165, 1.54) is 0 Å². The molecule has 0 spiro atoms. The molecule has 4 nitrogen and oxygen atoms in total. The first-order valence-corrected chi connectivity index (χ1v) is 7.69. The van der Waals surface area contributed by atoms with Crippen LogP contribution in [0.4, 0.5) is 0 Å². The predicted molar refractivity (Wildman–Crippen MR) is 84.7 cm³/mol. The maximum atomic E-state index is 12.1. The Kier molecular flexibility index (Phi) is 6.49. The summed E-state index contributed by atoms with van der Waals surface area (Å²) in [6.07, 6.45) is 0.789. The number of hydrogen-bond donors (Lipinski definition) is 2. The molecular formula is C15H23BrN2O2. The average Bonchev–Trinajstić information content (AvgIpc) is 2.45. The van der Waals surface area contributed by atoms with Gasteiger partial charge in [0, 0.05) is 29.7 Å². The molecule has 0 saturated carbocycles. The third-order valence-electron chi connectivity index (χ3n) is 3.45. The van der Waals surface area contributed by atoms with Gasteiger partial charge in [-0.05, 0) is 38.5 Å². The van der Waals surface area contributed by atoms with E-state index < -0.39 is 0 Å². The van der Waals surface area contributed by atoms with Gasteiger partial charge in [0.1, 0.15) is 5.75 Å². The Morgan fingerprint density at radius 1 is 1.45 bits per heavy atom. The van der Waals surface area contributed by atoms with Crippen molar-refractivity contribution in [2.24, 2.45) is 0 Å². The Morgan fingerprint density at radius 3 is 2.65 bits per heavy atom. The van der Waals surface area contributed by atoms with Gasteiger partial charge in [0.15, 0.2) is 0 Å². The Bertz CT molecular complexity index is 465. The fraction of sp³-hybridized carbons (Fsp3) is 0.533. The van der Waals surface area contributed by atoms with Crippen LogP contribution >= 0.6 is 15.9 Å². The van der Waals surface area contributed by atoms with Gasteiger partial charge in [-0.3, -0.25) is 10.1 Å². The molecule has 2 atom stereocenters. The van der Waals surface area contributed by atoms with Crippen LogP contribution in [0.1, 0.15) is 38.8 Å². The van der Waals surface area contributed by atoms with E-state index >= 15 is 0 Å². The van der Waals surface area contributed by atoms with Crippen molar-refractivity contribution >= 4 is 21.8 Å². The van der Waals surface area contributed by atoms with E-state index in [4.69, 9.17) is 0 Å². The standard InChI is InChI=1S/C15H23BrN2O2/c1-5-13(12-9-11(16)7-8-14(12)19)17-10(3)15(20)18(4)6-2/h7-10,13,17,19H,5-6H2,1-4H3. The third-order valence-corrected chi connectivity index (χ3v) is 3.94. The molecule has 1 amide bonds. The molecular weight excluding hydrogens is 320 g/mol. The zero-order valence-corrected chi connectivity index (χ0v) is 14.1. The number of rotatable bonds is 6. The quantitative estimate of drug-likeness (QED) is 0.835. The molecule has 0 saturated heterocycles. The number of nitrogens with one attached hydrogen (secondary N) is 1. The van der Waals surface area contributed by atoms with Gasteiger partial charge in [-0.1, -0.05) is 22.9 Å². The fourth-order valence-corrected chi connectivity index (χ4v) is 2.47. The summed E-state index contributed by atoms with van der Waals surface area (Å²) < 4.78 is 0.912. The molecule has 112 valence electrons. The summed E-state index contributed by atoms with van der Waals surface area (Å²) in [5.74, 6) is 0.302. The lowest BCUT2D eigenvalue weighted by Crippen LogP contribution is -2.44. The number of hydrogen-bond acceptors (Lipinski definition) is 3. The Labute approximate surface area is 129 Å². The smallest absolute Gasteiger partial charge is 0.239 e. The van der Waals surface area contributed by atoms with Crippen LogP contribution in [0.25, 0.3) is 0 Å². The lowest BCUT2D eigenvalue weighted by atomic mass is 10.0. The monoisotopic (exact) mass is 342 g/mol. The van der Waals surface area contributed by atoms with Gasteiger partial charge in [0.2, 0.25) is 5.91 Å². The van der Waals surface area contributed by atoms with Crippen LogP contribution in [0.15, 0.2) is 22.7 Å². The molecule has 0 aliphatic carbocycles. The highest BCUT2D eigenvalue weighted by atomic mass is 79.9. The van der Waals surface area contributed by atoms with Crippen LogP contribution in [0.2, 0.25) is 0 Å². The molecule has 0 radical (unpaired) electrons. The van der Waals surface area contributed by atoms with Crippen molar-refractivity contribution in [1.29, 1.82) is 0 Å². The van der Waals surface area contributed by atoms with Gasteiger partial charge in [-0.15, -0.1) is 0 Å². The minimum atomic E-state index is -0.289. The molecule has 0 aliphatic rings. The normalized spacial score (nSPS) is 13.8. The van der Waals surface area contributed by atoms with E-state index in [-0.39, 0.29) is 23.7 Å². The second-order valence-corrected chi connectivity index (χ2v) is 5.82. The molecule has 0 heterocycles. The molecule has 1 rings (SSSR count). The number of aromatic hydroxyl groups is 1. The summed E-state index contributed by atoms with van der Waals surface area (Å²) >= 11 is 3.41. The van der Waals surface area contributed by atoms with Crippen LogP contribution in [0.3, 0.4) is 0 Å². The maximum absolute atomic E-state index is 12.1. The minimum absolute atomic E-state index is 0.0560. The third kappa shape index (κ3) is 4.21. The SMILES string of the molecule is CCC(NC(C)C(=O)N(C)CC)c1cc(Br)ccc1O. The highest BCUT2D eigenvalue weighted by Gasteiger charge is 2.22. The fourth-order valence-electron chi connectivity index (χ4n) is 2.09. The summed E-state index contributed by atoms with van der Waals surface area (Å²) in [7, 11) is 1.79. The largest absolute Gasteiger partial charge is 0.508 e. The lowest BCUT2D eigenvalue weighted by Gasteiger charge is -2.26. The van der Waals surface area contributed by atoms with E-state index in [9.17, 15) is 9.90 Å². The van der Waals surface area contributed by atoms with Gasteiger partial charge < -0.3 is 10.0 Å². The van der Waals surface area contributed by atoms with Crippen LogP contribution in [-0.2, 0) is 4.79 Å². The number of nitrogens with zero attached hydrogens (tertiary/aromatic N) is 1. The molecule has 5 heteroatoms. The van der Waals surface area contributed by atoms with Crippen LogP contribution < -0.4 is 5.32 Å². The van der Waals surface area contributed by atoms with E-state index in [0.717, 1.165) is 16.5 Å². The second kappa shape index (κ2) is 7.64. The highest BCUT2D eigenvalue weighted by molar-refractivity contribution is 9.10. The van der Waals surface area contributed by atoms with Gasteiger partial charge in [-0.25, -0.2) is 0 Å². The van der Waals surface area contributed by atoms with Gasteiger partial charge >= 0.3 is 0 Å².